The molecule has 1 aromatic rings. The van der Waals surface area contributed by atoms with E-state index in [4.69, 9.17) is 0 Å². The summed E-state index contributed by atoms with van der Waals surface area (Å²) < 4.78 is 0. The molecule has 2 aliphatic rings. The first-order valence-corrected chi connectivity index (χ1v) is 8.55. The van der Waals surface area contributed by atoms with E-state index >= 15 is 0 Å². The summed E-state index contributed by atoms with van der Waals surface area (Å²) in [5.41, 5.74) is 1.25. The minimum absolute atomic E-state index is 0.338. The van der Waals surface area contributed by atoms with Crippen LogP contribution >= 0.6 is 0 Å². The van der Waals surface area contributed by atoms with Gasteiger partial charge in [-0.25, -0.2) is 0 Å². The molecule has 3 rings (SSSR count). The molecule has 2 fully saturated rings. The SMILES string of the molecule is O=C(C1CCC1)N1CCCN(CC=Cc2ccccc2)CC1. The van der Waals surface area contributed by atoms with Crippen LogP contribution in [0.5, 0.6) is 0 Å². The monoisotopic (exact) mass is 298 g/mol. The van der Waals surface area contributed by atoms with E-state index in [1.165, 1.54) is 12.0 Å². The summed E-state index contributed by atoms with van der Waals surface area (Å²) in [7, 11) is 0. The van der Waals surface area contributed by atoms with Crippen molar-refractivity contribution in [2.45, 2.75) is 25.7 Å². The predicted molar refractivity (Wildman–Crippen MR) is 90.5 cm³/mol. The van der Waals surface area contributed by atoms with Crippen molar-refractivity contribution in [2.75, 3.05) is 32.7 Å². The standard InChI is InChI=1S/C19H26N2O/c22-19(18-10-4-11-18)21-14-6-13-20(15-16-21)12-5-9-17-7-2-1-3-8-17/h1-3,5,7-9,18H,4,6,10-16H2. The second kappa shape index (κ2) is 7.59. The Labute approximate surface area is 133 Å². The summed E-state index contributed by atoms with van der Waals surface area (Å²) in [6.07, 6.45) is 8.97. The number of carbonyl (C=O) groups is 1. The highest BCUT2D eigenvalue weighted by Crippen LogP contribution is 2.28. The van der Waals surface area contributed by atoms with Crippen LogP contribution in [0.1, 0.15) is 31.2 Å². The summed E-state index contributed by atoms with van der Waals surface area (Å²) in [6, 6.07) is 10.4. The van der Waals surface area contributed by atoms with Gasteiger partial charge in [-0.1, -0.05) is 48.9 Å². The molecule has 1 heterocycles. The molecule has 0 spiro atoms. The topological polar surface area (TPSA) is 23.6 Å². The Hall–Kier alpha value is -1.61. The molecular weight excluding hydrogens is 272 g/mol. The molecular formula is C19H26N2O. The molecule has 0 aromatic heterocycles. The van der Waals surface area contributed by atoms with Gasteiger partial charge in [0.25, 0.3) is 0 Å². The van der Waals surface area contributed by atoms with Crippen LogP contribution in [0.2, 0.25) is 0 Å². The zero-order valence-electron chi connectivity index (χ0n) is 13.3. The van der Waals surface area contributed by atoms with E-state index in [2.05, 4.69) is 46.2 Å². The molecule has 1 saturated carbocycles. The molecule has 1 amide bonds. The lowest BCUT2D eigenvalue weighted by Gasteiger charge is -2.31. The van der Waals surface area contributed by atoms with Crippen LogP contribution in [0.4, 0.5) is 0 Å². The van der Waals surface area contributed by atoms with Crippen LogP contribution in [0.3, 0.4) is 0 Å². The summed E-state index contributed by atoms with van der Waals surface area (Å²) >= 11 is 0. The van der Waals surface area contributed by atoms with Crippen molar-refractivity contribution in [1.29, 1.82) is 0 Å². The third-order valence-corrected chi connectivity index (χ3v) is 4.83. The molecule has 0 bridgehead atoms. The first kappa shape index (κ1) is 15.3. The van der Waals surface area contributed by atoms with E-state index < -0.39 is 0 Å². The average Bonchev–Trinajstić information content (AvgIpc) is 2.72. The van der Waals surface area contributed by atoms with Gasteiger partial charge >= 0.3 is 0 Å². The number of benzene rings is 1. The Morgan fingerprint density at radius 2 is 1.86 bits per heavy atom. The first-order chi connectivity index (χ1) is 10.8. The second-order valence-electron chi connectivity index (χ2n) is 6.42. The Bertz CT molecular complexity index is 507. The Morgan fingerprint density at radius 3 is 2.59 bits per heavy atom. The molecule has 1 aliphatic heterocycles. The van der Waals surface area contributed by atoms with Gasteiger partial charge in [0.1, 0.15) is 0 Å². The fraction of sp³-hybridized carbons (Fsp3) is 0.526. The van der Waals surface area contributed by atoms with Crippen molar-refractivity contribution in [1.82, 2.24) is 9.80 Å². The normalized spacial score (nSPS) is 20.8. The van der Waals surface area contributed by atoms with Gasteiger partial charge in [-0.05, 0) is 24.8 Å². The summed E-state index contributed by atoms with van der Waals surface area (Å²) in [5.74, 6) is 0.748. The van der Waals surface area contributed by atoms with E-state index in [0.717, 1.165) is 52.0 Å². The lowest BCUT2D eigenvalue weighted by Crippen LogP contribution is -2.41. The zero-order chi connectivity index (χ0) is 15.2. The van der Waals surface area contributed by atoms with Crippen LogP contribution in [-0.2, 0) is 4.79 Å². The fourth-order valence-electron chi connectivity index (χ4n) is 3.19. The van der Waals surface area contributed by atoms with E-state index in [0.29, 0.717) is 11.8 Å². The zero-order valence-corrected chi connectivity index (χ0v) is 13.3. The molecule has 118 valence electrons. The second-order valence-corrected chi connectivity index (χ2v) is 6.42. The van der Waals surface area contributed by atoms with Crippen LogP contribution in [-0.4, -0.2) is 48.4 Å². The van der Waals surface area contributed by atoms with Crippen molar-refractivity contribution in [3.05, 3.63) is 42.0 Å². The molecule has 3 heteroatoms. The van der Waals surface area contributed by atoms with Crippen LogP contribution in [0, 0.1) is 5.92 Å². The van der Waals surface area contributed by atoms with Gasteiger partial charge in [0, 0.05) is 38.6 Å². The molecule has 0 unspecified atom stereocenters. The fourth-order valence-corrected chi connectivity index (χ4v) is 3.19. The first-order valence-electron chi connectivity index (χ1n) is 8.55. The lowest BCUT2D eigenvalue weighted by molar-refractivity contribution is -0.138. The van der Waals surface area contributed by atoms with Gasteiger partial charge in [0.05, 0.1) is 0 Å². The Morgan fingerprint density at radius 1 is 1.05 bits per heavy atom. The maximum atomic E-state index is 12.3. The van der Waals surface area contributed by atoms with E-state index in [1.807, 2.05) is 6.07 Å². The van der Waals surface area contributed by atoms with Crippen molar-refractivity contribution >= 4 is 12.0 Å². The third kappa shape index (κ3) is 3.98. The maximum absolute atomic E-state index is 12.3. The molecule has 1 aromatic carbocycles. The number of amides is 1. The summed E-state index contributed by atoms with van der Waals surface area (Å²) in [6.45, 7) is 4.90. The largest absolute Gasteiger partial charge is 0.341 e. The number of hydrogen-bond donors (Lipinski definition) is 0. The van der Waals surface area contributed by atoms with E-state index in [-0.39, 0.29) is 0 Å². The Kier molecular flexibility index (Phi) is 5.28. The highest BCUT2D eigenvalue weighted by Gasteiger charge is 2.30. The average molecular weight is 298 g/mol. The van der Waals surface area contributed by atoms with Gasteiger partial charge in [0.15, 0.2) is 0 Å². The summed E-state index contributed by atoms with van der Waals surface area (Å²) in [5, 5.41) is 0. The third-order valence-electron chi connectivity index (χ3n) is 4.83. The van der Waals surface area contributed by atoms with Crippen molar-refractivity contribution < 1.29 is 4.79 Å². The number of carbonyl (C=O) groups excluding carboxylic acids is 1. The molecule has 0 N–H and O–H groups in total. The van der Waals surface area contributed by atoms with Crippen molar-refractivity contribution in [3.63, 3.8) is 0 Å². The number of nitrogens with zero attached hydrogens (tertiary/aromatic N) is 2. The van der Waals surface area contributed by atoms with Gasteiger partial charge in [-0.2, -0.15) is 0 Å². The molecule has 0 atom stereocenters. The highest BCUT2D eigenvalue weighted by molar-refractivity contribution is 5.79. The van der Waals surface area contributed by atoms with Crippen molar-refractivity contribution in [3.8, 4) is 0 Å². The van der Waals surface area contributed by atoms with Crippen LogP contribution in [0.25, 0.3) is 6.08 Å². The van der Waals surface area contributed by atoms with E-state index in [9.17, 15) is 4.79 Å². The molecule has 3 nitrogen and oxygen atoms in total. The van der Waals surface area contributed by atoms with Crippen LogP contribution < -0.4 is 0 Å². The smallest absolute Gasteiger partial charge is 0.225 e. The van der Waals surface area contributed by atoms with Gasteiger partial charge in [-0.3, -0.25) is 9.69 Å². The summed E-state index contributed by atoms with van der Waals surface area (Å²) in [4.78, 5) is 16.9. The molecule has 0 radical (unpaired) electrons. The molecule has 22 heavy (non-hydrogen) atoms. The maximum Gasteiger partial charge on any atom is 0.225 e. The van der Waals surface area contributed by atoms with Crippen molar-refractivity contribution in [2.24, 2.45) is 5.92 Å². The lowest BCUT2D eigenvalue weighted by atomic mass is 9.84. The molecule has 1 saturated heterocycles. The van der Waals surface area contributed by atoms with Gasteiger partial charge in [-0.15, -0.1) is 0 Å². The number of hydrogen-bond acceptors (Lipinski definition) is 2. The van der Waals surface area contributed by atoms with E-state index in [1.54, 1.807) is 0 Å². The minimum atomic E-state index is 0.338. The highest BCUT2D eigenvalue weighted by atomic mass is 16.2. The number of rotatable bonds is 4. The molecule has 1 aliphatic carbocycles. The van der Waals surface area contributed by atoms with Crippen LogP contribution in [0.15, 0.2) is 36.4 Å². The quantitative estimate of drug-likeness (QED) is 0.853. The predicted octanol–water partition coefficient (Wildman–Crippen LogP) is 3.03. The Balaban J connectivity index is 1.46. The minimum Gasteiger partial charge on any atom is -0.341 e. The van der Waals surface area contributed by atoms with Gasteiger partial charge in [0.2, 0.25) is 5.91 Å². The van der Waals surface area contributed by atoms with Gasteiger partial charge < -0.3 is 4.90 Å².